The number of amides is 1. The first-order chi connectivity index (χ1) is 11.2. The maximum absolute atomic E-state index is 12.8. The highest BCUT2D eigenvalue weighted by molar-refractivity contribution is 6.07. The van der Waals surface area contributed by atoms with Crippen LogP contribution in [0.4, 0.5) is 0 Å². The molecule has 0 N–H and O–H groups in total. The fraction of sp³-hybridized carbons (Fsp3) is 0.250. The topological polar surface area (TPSA) is 25.2 Å². The number of carbonyl (C=O) groups is 1. The van der Waals surface area contributed by atoms with Crippen LogP contribution in [0, 0.1) is 0 Å². The number of rotatable bonds is 5. The van der Waals surface area contributed by atoms with Gasteiger partial charge in [0.2, 0.25) is 0 Å². The molecule has 1 heterocycles. The van der Waals surface area contributed by atoms with E-state index < -0.39 is 0 Å². The van der Waals surface area contributed by atoms with Crippen molar-refractivity contribution < 1.29 is 4.79 Å². The average Bonchev–Trinajstić information content (AvgIpc) is 2.96. The van der Waals surface area contributed by atoms with E-state index in [1.807, 2.05) is 61.3 Å². The minimum Gasteiger partial charge on any atom is -0.342 e. The standard InChI is InChI=1S/C20H22N2O/c1-3-21(4-2)20(23)18-15-22(14-16-10-6-5-7-11-16)19-13-9-8-12-17(18)19/h5-13,15H,3-4,14H2,1-2H3. The molecule has 3 heteroatoms. The van der Waals surface area contributed by atoms with Crippen LogP contribution in [0.2, 0.25) is 0 Å². The number of benzene rings is 2. The Morgan fingerprint density at radius 1 is 0.957 bits per heavy atom. The van der Waals surface area contributed by atoms with Gasteiger partial charge in [0.25, 0.3) is 5.91 Å². The van der Waals surface area contributed by atoms with Crippen LogP contribution in [-0.4, -0.2) is 28.5 Å². The summed E-state index contributed by atoms with van der Waals surface area (Å²) < 4.78 is 2.17. The first-order valence-corrected chi connectivity index (χ1v) is 8.15. The summed E-state index contributed by atoms with van der Waals surface area (Å²) in [4.78, 5) is 14.7. The summed E-state index contributed by atoms with van der Waals surface area (Å²) in [5, 5.41) is 1.03. The van der Waals surface area contributed by atoms with Gasteiger partial charge in [-0.25, -0.2) is 0 Å². The zero-order valence-electron chi connectivity index (χ0n) is 13.7. The van der Waals surface area contributed by atoms with Gasteiger partial charge in [0.05, 0.1) is 5.56 Å². The second-order valence-corrected chi connectivity index (χ2v) is 5.65. The Morgan fingerprint density at radius 2 is 1.61 bits per heavy atom. The van der Waals surface area contributed by atoms with Gasteiger partial charge in [0.15, 0.2) is 0 Å². The summed E-state index contributed by atoms with van der Waals surface area (Å²) in [6.45, 7) is 6.27. The summed E-state index contributed by atoms with van der Waals surface area (Å²) in [6.07, 6.45) is 2.00. The van der Waals surface area contributed by atoms with Gasteiger partial charge in [0.1, 0.15) is 0 Å². The van der Waals surface area contributed by atoms with Crippen molar-refractivity contribution in [2.45, 2.75) is 20.4 Å². The van der Waals surface area contributed by atoms with Crippen LogP contribution in [0.1, 0.15) is 29.8 Å². The van der Waals surface area contributed by atoms with Gasteiger partial charge >= 0.3 is 0 Å². The zero-order chi connectivity index (χ0) is 16.2. The van der Waals surface area contributed by atoms with Gasteiger partial charge in [-0.05, 0) is 25.5 Å². The van der Waals surface area contributed by atoms with Crippen LogP contribution in [0.25, 0.3) is 10.9 Å². The lowest BCUT2D eigenvalue weighted by atomic mass is 10.1. The number of fused-ring (bicyclic) bond motifs is 1. The lowest BCUT2D eigenvalue weighted by Gasteiger charge is -2.17. The van der Waals surface area contributed by atoms with E-state index in [-0.39, 0.29) is 5.91 Å². The Hall–Kier alpha value is -2.55. The summed E-state index contributed by atoms with van der Waals surface area (Å²) in [5.41, 5.74) is 3.13. The Labute approximate surface area is 137 Å². The molecule has 1 amide bonds. The smallest absolute Gasteiger partial charge is 0.256 e. The second kappa shape index (κ2) is 6.69. The van der Waals surface area contributed by atoms with Gasteiger partial charge in [0, 0.05) is 36.7 Å². The highest BCUT2D eigenvalue weighted by Crippen LogP contribution is 2.23. The summed E-state index contributed by atoms with van der Waals surface area (Å²) in [7, 11) is 0. The van der Waals surface area contributed by atoms with E-state index in [0.717, 1.165) is 36.1 Å². The van der Waals surface area contributed by atoms with Gasteiger partial charge in [-0.15, -0.1) is 0 Å². The monoisotopic (exact) mass is 306 g/mol. The van der Waals surface area contributed by atoms with Gasteiger partial charge in [-0.2, -0.15) is 0 Å². The van der Waals surface area contributed by atoms with Crippen LogP contribution in [-0.2, 0) is 6.54 Å². The Morgan fingerprint density at radius 3 is 2.30 bits per heavy atom. The zero-order valence-corrected chi connectivity index (χ0v) is 13.7. The predicted octanol–water partition coefficient (Wildman–Crippen LogP) is 4.17. The van der Waals surface area contributed by atoms with Crippen molar-refractivity contribution in [1.82, 2.24) is 9.47 Å². The molecule has 0 fully saturated rings. The molecule has 3 aromatic rings. The van der Waals surface area contributed by atoms with Crippen LogP contribution in [0.5, 0.6) is 0 Å². The Balaban J connectivity index is 2.05. The molecule has 0 atom stereocenters. The SMILES string of the molecule is CCN(CC)C(=O)c1cn(Cc2ccccc2)c2ccccc12. The molecule has 118 valence electrons. The summed E-state index contributed by atoms with van der Waals surface area (Å²) in [6, 6.07) is 18.5. The van der Waals surface area contributed by atoms with Crippen molar-refractivity contribution in [2.24, 2.45) is 0 Å². The highest BCUT2D eigenvalue weighted by Gasteiger charge is 2.18. The lowest BCUT2D eigenvalue weighted by molar-refractivity contribution is 0.0774. The van der Waals surface area contributed by atoms with Crippen molar-refractivity contribution in [3.8, 4) is 0 Å². The summed E-state index contributed by atoms with van der Waals surface area (Å²) in [5.74, 6) is 0.109. The van der Waals surface area contributed by atoms with E-state index in [2.05, 4.69) is 22.8 Å². The van der Waals surface area contributed by atoms with E-state index in [1.165, 1.54) is 5.56 Å². The third kappa shape index (κ3) is 3.00. The number of aromatic nitrogens is 1. The molecule has 0 aliphatic heterocycles. The number of carbonyl (C=O) groups excluding carboxylic acids is 1. The normalized spacial score (nSPS) is 10.9. The minimum absolute atomic E-state index is 0.109. The molecular formula is C20H22N2O. The molecular weight excluding hydrogens is 284 g/mol. The third-order valence-electron chi connectivity index (χ3n) is 4.27. The maximum atomic E-state index is 12.8. The van der Waals surface area contributed by atoms with Gasteiger partial charge < -0.3 is 9.47 Å². The lowest BCUT2D eigenvalue weighted by Crippen LogP contribution is -2.30. The van der Waals surface area contributed by atoms with Crippen LogP contribution >= 0.6 is 0 Å². The number of nitrogens with zero attached hydrogens (tertiary/aromatic N) is 2. The van der Waals surface area contributed by atoms with Crippen molar-refractivity contribution in [1.29, 1.82) is 0 Å². The first-order valence-electron chi connectivity index (χ1n) is 8.15. The minimum atomic E-state index is 0.109. The van der Waals surface area contributed by atoms with Gasteiger partial charge in [-0.3, -0.25) is 4.79 Å². The molecule has 0 aliphatic carbocycles. The molecule has 0 radical (unpaired) electrons. The molecule has 3 nitrogen and oxygen atoms in total. The molecule has 0 unspecified atom stereocenters. The Bertz CT molecular complexity index is 801. The third-order valence-corrected chi connectivity index (χ3v) is 4.27. The largest absolute Gasteiger partial charge is 0.342 e. The van der Waals surface area contributed by atoms with Crippen molar-refractivity contribution in [2.75, 3.05) is 13.1 Å². The van der Waals surface area contributed by atoms with Crippen molar-refractivity contribution in [3.63, 3.8) is 0 Å². The number of para-hydroxylation sites is 1. The fourth-order valence-electron chi connectivity index (χ4n) is 3.01. The molecule has 2 aromatic carbocycles. The fourth-order valence-corrected chi connectivity index (χ4v) is 3.01. The van der Waals surface area contributed by atoms with E-state index in [4.69, 9.17) is 0 Å². The van der Waals surface area contributed by atoms with Crippen LogP contribution in [0.15, 0.2) is 60.8 Å². The van der Waals surface area contributed by atoms with Crippen molar-refractivity contribution >= 4 is 16.8 Å². The second-order valence-electron chi connectivity index (χ2n) is 5.65. The van der Waals surface area contributed by atoms with E-state index in [0.29, 0.717) is 0 Å². The Kier molecular flexibility index (Phi) is 4.47. The maximum Gasteiger partial charge on any atom is 0.256 e. The van der Waals surface area contributed by atoms with Crippen LogP contribution < -0.4 is 0 Å². The number of hydrogen-bond donors (Lipinski definition) is 0. The molecule has 0 saturated carbocycles. The molecule has 0 aliphatic rings. The van der Waals surface area contributed by atoms with Gasteiger partial charge in [-0.1, -0.05) is 48.5 Å². The van der Waals surface area contributed by atoms with Crippen molar-refractivity contribution in [3.05, 3.63) is 71.9 Å². The average molecular weight is 306 g/mol. The van der Waals surface area contributed by atoms with E-state index in [1.54, 1.807) is 0 Å². The molecule has 0 spiro atoms. The van der Waals surface area contributed by atoms with Crippen LogP contribution in [0.3, 0.4) is 0 Å². The molecule has 0 bridgehead atoms. The molecule has 0 saturated heterocycles. The summed E-state index contributed by atoms with van der Waals surface area (Å²) >= 11 is 0. The molecule has 23 heavy (non-hydrogen) atoms. The quantitative estimate of drug-likeness (QED) is 0.694. The molecule has 1 aromatic heterocycles. The molecule has 3 rings (SSSR count). The first kappa shape index (κ1) is 15.3. The number of hydrogen-bond acceptors (Lipinski definition) is 1. The van der Waals surface area contributed by atoms with E-state index >= 15 is 0 Å². The highest BCUT2D eigenvalue weighted by atomic mass is 16.2. The van der Waals surface area contributed by atoms with E-state index in [9.17, 15) is 4.79 Å². The predicted molar refractivity (Wildman–Crippen MR) is 94.7 cm³/mol.